The predicted molar refractivity (Wildman–Crippen MR) is 79.5 cm³/mol. The minimum absolute atomic E-state index is 0.114. The lowest BCUT2D eigenvalue weighted by molar-refractivity contribution is 0.102. The minimum atomic E-state index is -0.582. The van der Waals surface area contributed by atoms with Crippen LogP contribution in [0.25, 0.3) is 0 Å². The molecule has 106 valence electrons. The van der Waals surface area contributed by atoms with Crippen molar-refractivity contribution in [2.75, 3.05) is 11.9 Å². The highest BCUT2D eigenvalue weighted by molar-refractivity contribution is 6.30. The van der Waals surface area contributed by atoms with E-state index in [1.807, 2.05) is 0 Å². The average molecular weight is 304 g/mol. The number of carbonyl (C=O) groups excluding carboxylic acids is 1. The molecule has 0 aliphatic heterocycles. The van der Waals surface area contributed by atoms with E-state index < -0.39 is 11.7 Å². The SMILES string of the molecule is NCC#Cc1cc(Cl)ccc1NC(=O)c1cncc(F)c1. The number of pyridine rings is 1. The maximum Gasteiger partial charge on any atom is 0.257 e. The summed E-state index contributed by atoms with van der Waals surface area (Å²) in [5.74, 6) is 4.44. The summed E-state index contributed by atoms with van der Waals surface area (Å²) in [4.78, 5) is 15.7. The van der Waals surface area contributed by atoms with Crippen LogP contribution in [0.2, 0.25) is 5.02 Å². The molecule has 1 heterocycles. The second kappa shape index (κ2) is 6.84. The molecule has 0 atom stereocenters. The first-order valence-electron chi connectivity index (χ1n) is 6.00. The zero-order chi connectivity index (χ0) is 15.2. The van der Waals surface area contributed by atoms with Crippen LogP contribution in [0.15, 0.2) is 36.7 Å². The molecule has 0 radical (unpaired) electrons. The fourth-order valence-corrected chi connectivity index (χ4v) is 1.78. The van der Waals surface area contributed by atoms with Gasteiger partial charge in [0.05, 0.1) is 24.0 Å². The maximum atomic E-state index is 13.1. The molecule has 3 N–H and O–H groups in total. The molecule has 0 unspecified atom stereocenters. The Bertz CT molecular complexity index is 737. The van der Waals surface area contributed by atoms with Crippen molar-refractivity contribution < 1.29 is 9.18 Å². The number of benzene rings is 1. The van der Waals surface area contributed by atoms with E-state index in [9.17, 15) is 9.18 Å². The van der Waals surface area contributed by atoms with Crippen LogP contribution in [0, 0.1) is 17.7 Å². The number of nitrogens with zero attached hydrogens (tertiary/aromatic N) is 1. The van der Waals surface area contributed by atoms with Gasteiger partial charge in [-0.1, -0.05) is 23.4 Å². The normalized spacial score (nSPS) is 9.67. The van der Waals surface area contributed by atoms with Gasteiger partial charge in [-0.2, -0.15) is 0 Å². The molecule has 0 spiro atoms. The summed E-state index contributed by atoms with van der Waals surface area (Å²) < 4.78 is 13.1. The summed E-state index contributed by atoms with van der Waals surface area (Å²) in [7, 11) is 0. The summed E-state index contributed by atoms with van der Waals surface area (Å²) in [5.41, 5.74) is 6.44. The standard InChI is InChI=1S/C15H11ClFN3O/c16-12-3-4-14(10(6-12)2-1-5-18)20-15(21)11-7-13(17)9-19-8-11/h3-4,6-9H,5,18H2,(H,20,21). The summed E-state index contributed by atoms with van der Waals surface area (Å²) in [6.45, 7) is 0.188. The minimum Gasteiger partial charge on any atom is -0.321 e. The quantitative estimate of drug-likeness (QED) is 0.837. The lowest BCUT2D eigenvalue weighted by atomic mass is 10.1. The molecule has 0 saturated heterocycles. The van der Waals surface area contributed by atoms with E-state index in [1.165, 1.54) is 6.20 Å². The van der Waals surface area contributed by atoms with Gasteiger partial charge in [0, 0.05) is 16.8 Å². The lowest BCUT2D eigenvalue weighted by Gasteiger charge is -2.08. The zero-order valence-corrected chi connectivity index (χ0v) is 11.6. The number of hydrogen-bond acceptors (Lipinski definition) is 3. The van der Waals surface area contributed by atoms with E-state index in [2.05, 4.69) is 22.1 Å². The second-order valence-corrected chi connectivity index (χ2v) is 4.48. The molecular weight excluding hydrogens is 293 g/mol. The summed E-state index contributed by atoms with van der Waals surface area (Å²) in [6, 6.07) is 5.95. The first-order chi connectivity index (χ1) is 10.1. The Hall–Kier alpha value is -2.42. The first kappa shape index (κ1) is 15.0. The molecule has 21 heavy (non-hydrogen) atoms. The van der Waals surface area contributed by atoms with E-state index in [4.69, 9.17) is 17.3 Å². The van der Waals surface area contributed by atoms with E-state index in [0.29, 0.717) is 16.3 Å². The highest BCUT2D eigenvalue weighted by atomic mass is 35.5. The largest absolute Gasteiger partial charge is 0.321 e. The van der Waals surface area contributed by atoms with Crippen molar-refractivity contribution in [1.29, 1.82) is 0 Å². The fraction of sp³-hybridized carbons (Fsp3) is 0.0667. The van der Waals surface area contributed by atoms with Crippen LogP contribution in [0.5, 0.6) is 0 Å². The second-order valence-electron chi connectivity index (χ2n) is 4.04. The Morgan fingerprint density at radius 3 is 2.90 bits per heavy atom. The van der Waals surface area contributed by atoms with Gasteiger partial charge in [0.1, 0.15) is 5.82 Å². The third-order valence-electron chi connectivity index (χ3n) is 2.52. The van der Waals surface area contributed by atoms with Crippen LogP contribution in [0.3, 0.4) is 0 Å². The molecule has 0 bridgehead atoms. The third kappa shape index (κ3) is 4.02. The predicted octanol–water partition coefficient (Wildman–Crippen LogP) is 2.44. The van der Waals surface area contributed by atoms with E-state index in [1.54, 1.807) is 18.2 Å². The Kier molecular flexibility index (Phi) is 4.88. The van der Waals surface area contributed by atoms with Crippen LogP contribution in [0.1, 0.15) is 15.9 Å². The molecule has 0 aliphatic carbocycles. The third-order valence-corrected chi connectivity index (χ3v) is 2.76. The number of amides is 1. The van der Waals surface area contributed by atoms with Crippen molar-refractivity contribution in [2.45, 2.75) is 0 Å². The van der Waals surface area contributed by atoms with Crippen molar-refractivity contribution in [3.8, 4) is 11.8 Å². The zero-order valence-electron chi connectivity index (χ0n) is 10.9. The molecule has 2 aromatic rings. The van der Waals surface area contributed by atoms with E-state index in [-0.39, 0.29) is 12.1 Å². The number of nitrogens with one attached hydrogen (secondary N) is 1. The van der Waals surface area contributed by atoms with Crippen molar-refractivity contribution in [3.05, 3.63) is 58.6 Å². The molecule has 0 saturated carbocycles. The molecule has 4 nitrogen and oxygen atoms in total. The molecule has 0 fully saturated rings. The van der Waals surface area contributed by atoms with Gasteiger partial charge in [0.2, 0.25) is 0 Å². The molecular formula is C15H11ClFN3O. The van der Waals surface area contributed by atoms with E-state index in [0.717, 1.165) is 12.3 Å². The monoisotopic (exact) mass is 303 g/mol. The van der Waals surface area contributed by atoms with Crippen LogP contribution in [-0.4, -0.2) is 17.4 Å². The number of aromatic nitrogens is 1. The van der Waals surface area contributed by atoms with Crippen LogP contribution in [0.4, 0.5) is 10.1 Å². The highest BCUT2D eigenvalue weighted by Crippen LogP contribution is 2.20. The number of rotatable bonds is 2. The molecule has 6 heteroatoms. The van der Waals surface area contributed by atoms with Crippen molar-refractivity contribution >= 4 is 23.2 Å². The first-order valence-corrected chi connectivity index (χ1v) is 6.38. The van der Waals surface area contributed by atoms with Crippen LogP contribution in [-0.2, 0) is 0 Å². The maximum absolute atomic E-state index is 13.1. The Morgan fingerprint density at radius 1 is 1.38 bits per heavy atom. The Balaban J connectivity index is 2.29. The number of carbonyl (C=O) groups is 1. The van der Waals surface area contributed by atoms with Crippen LogP contribution >= 0.6 is 11.6 Å². The highest BCUT2D eigenvalue weighted by Gasteiger charge is 2.10. The topological polar surface area (TPSA) is 68.0 Å². The molecule has 1 aromatic heterocycles. The Morgan fingerprint density at radius 2 is 2.19 bits per heavy atom. The van der Waals surface area contributed by atoms with Crippen molar-refractivity contribution in [3.63, 3.8) is 0 Å². The average Bonchev–Trinajstić information content (AvgIpc) is 2.47. The fourth-order valence-electron chi connectivity index (χ4n) is 1.61. The van der Waals surface area contributed by atoms with Gasteiger partial charge in [-0.25, -0.2) is 4.39 Å². The van der Waals surface area contributed by atoms with Gasteiger partial charge in [-0.3, -0.25) is 9.78 Å². The van der Waals surface area contributed by atoms with Gasteiger partial charge in [0.25, 0.3) is 5.91 Å². The smallest absolute Gasteiger partial charge is 0.257 e. The van der Waals surface area contributed by atoms with Gasteiger partial charge < -0.3 is 11.1 Å². The summed E-state index contributed by atoms with van der Waals surface area (Å²) in [5, 5.41) is 3.13. The van der Waals surface area contributed by atoms with Gasteiger partial charge >= 0.3 is 0 Å². The van der Waals surface area contributed by atoms with Gasteiger partial charge in [-0.15, -0.1) is 0 Å². The number of anilines is 1. The van der Waals surface area contributed by atoms with Crippen LogP contribution < -0.4 is 11.1 Å². The lowest BCUT2D eigenvalue weighted by Crippen LogP contribution is -2.13. The van der Waals surface area contributed by atoms with Gasteiger partial charge in [-0.05, 0) is 24.3 Å². The van der Waals surface area contributed by atoms with Crippen molar-refractivity contribution in [2.24, 2.45) is 5.73 Å². The van der Waals surface area contributed by atoms with E-state index >= 15 is 0 Å². The number of halogens is 2. The van der Waals surface area contributed by atoms with Gasteiger partial charge in [0.15, 0.2) is 0 Å². The molecule has 1 aromatic carbocycles. The summed E-state index contributed by atoms with van der Waals surface area (Å²) >= 11 is 5.90. The molecule has 2 rings (SSSR count). The number of hydrogen-bond donors (Lipinski definition) is 2. The van der Waals surface area contributed by atoms with Crippen molar-refractivity contribution in [1.82, 2.24) is 4.98 Å². The summed E-state index contributed by atoms with van der Waals surface area (Å²) in [6.07, 6.45) is 2.30. The molecule has 1 amide bonds. The molecule has 0 aliphatic rings. The number of nitrogens with two attached hydrogens (primary N) is 1. The Labute approximate surface area is 126 Å².